The fourth-order valence-electron chi connectivity index (χ4n) is 1.25. The number of hydrogen-bond donors (Lipinski definition) is 1. The first kappa shape index (κ1) is 12.0. The Kier molecular flexibility index (Phi) is 3.18. The highest BCUT2D eigenvalue weighted by Gasteiger charge is 2.09. The van der Waals surface area contributed by atoms with Crippen LogP contribution in [0.25, 0.3) is 11.4 Å². The number of methoxy groups -OCH3 is 1. The third kappa shape index (κ3) is 2.42. The molecular formula is C10H13N7O. The van der Waals surface area contributed by atoms with Gasteiger partial charge in [-0.1, -0.05) is 0 Å². The summed E-state index contributed by atoms with van der Waals surface area (Å²) in [7, 11) is 5.15. The van der Waals surface area contributed by atoms with E-state index in [-0.39, 0.29) is 12.0 Å². The Morgan fingerprint density at radius 3 is 2.33 bits per heavy atom. The summed E-state index contributed by atoms with van der Waals surface area (Å²) in [4.78, 5) is 22.0. The smallest absolute Gasteiger partial charge is 0.316 e. The number of nitrogens with zero attached hydrogens (tertiary/aromatic N) is 6. The van der Waals surface area contributed by atoms with Crippen LogP contribution in [0.4, 0.5) is 11.9 Å². The molecule has 8 nitrogen and oxygen atoms in total. The topological polar surface area (TPSA) is 103 Å². The fraction of sp³-hybridized carbons (Fsp3) is 0.300. The number of hydrogen-bond acceptors (Lipinski definition) is 8. The summed E-state index contributed by atoms with van der Waals surface area (Å²) >= 11 is 0. The highest BCUT2D eigenvalue weighted by Crippen LogP contribution is 2.17. The third-order valence-corrected chi connectivity index (χ3v) is 2.11. The molecule has 0 bridgehead atoms. The zero-order valence-corrected chi connectivity index (χ0v) is 10.3. The van der Waals surface area contributed by atoms with Crippen molar-refractivity contribution in [2.45, 2.75) is 0 Å². The molecule has 2 heterocycles. The Hall–Kier alpha value is -2.51. The van der Waals surface area contributed by atoms with Gasteiger partial charge in [-0.25, -0.2) is 9.97 Å². The predicted molar refractivity (Wildman–Crippen MR) is 66.1 cm³/mol. The number of anilines is 2. The number of aromatic nitrogens is 5. The summed E-state index contributed by atoms with van der Waals surface area (Å²) < 4.78 is 4.88. The summed E-state index contributed by atoms with van der Waals surface area (Å²) in [6.45, 7) is 0. The lowest BCUT2D eigenvalue weighted by molar-refractivity contribution is 0.380. The molecule has 18 heavy (non-hydrogen) atoms. The Morgan fingerprint density at radius 2 is 1.78 bits per heavy atom. The van der Waals surface area contributed by atoms with Crippen molar-refractivity contribution in [1.82, 2.24) is 24.9 Å². The quantitative estimate of drug-likeness (QED) is 0.807. The SMILES string of the molecule is COc1ncc(-c2nc(N)nc(N(C)C)n2)cn1. The summed E-state index contributed by atoms with van der Waals surface area (Å²) in [6.07, 6.45) is 3.14. The molecular weight excluding hydrogens is 234 g/mol. The maximum absolute atomic E-state index is 5.64. The normalized spacial score (nSPS) is 10.2. The number of nitrogen functional groups attached to an aromatic ring is 1. The lowest BCUT2D eigenvalue weighted by atomic mass is 10.3. The lowest BCUT2D eigenvalue weighted by Crippen LogP contribution is -2.15. The third-order valence-electron chi connectivity index (χ3n) is 2.11. The van der Waals surface area contributed by atoms with Gasteiger partial charge in [0.05, 0.1) is 12.7 Å². The molecule has 0 aliphatic carbocycles. The minimum atomic E-state index is 0.152. The molecule has 2 aromatic rings. The first-order valence-electron chi connectivity index (χ1n) is 5.15. The van der Waals surface area contributed by atoms with Crippen LogP contribution < -0.4 is 15.4 Å². The van der Waals surface area contributed by atoms with E-state index in [9.17, 15) is 0 Å². The van der Waals surface area contributed by atoms with Crippen LogP contribution in [0.2, 0.25) is 0 Å². The first-order valence-corrected chi connectivity index (χ1v) is 5.15. The molecule has 2 N–H and O–H groups in total. The highest BCUT2D eigenvalue weighted by molar-refractivity contribution is 5.55. The van der Waals surface area contributed by atoms with Gasteiger partial charge in [-0.05, 0) is 0 Å². The van der Waals surface area contributed by atoms with Crippen molar-refractivity contribution in [3.8, 4) is 17.4 Å². The van der Waals surface area contributed by atoms with Gasteiger partial charge in [0.2, 0.25) is 11.9 Å². The average molecular weight is 247 g/mol. The molecule has 0 fully saturated rings. The monoisotopic (exact) mass is 247 g/mol. The fourth-order valence-corrected chi connectivity index (χ4v) is 1.25. The standard InChI is InChI=1S/C10H13N7O/c1-17(2)9-15-7(14-8(11)16-9)6-4-12-10(18-3)13-5-6/h4-5H,1-3H3,(H2,11,14,15,16). The summed E-state index contributed by atoms with van der Waals surface area (Å²) in [5, 5.41) is 0. The molecule has 0 atom stereocenters. The van der Waals surface area contributed by atoms with Gasteiger partial charge in [-0.15, -0.1) is 0 Å². The Labute approximate surface area is 104 Å². The zero-order chi connectivity index (χ0) is 13.1. The van der Waals surface area contributed by atoms with Crippen LogP contribution in [0.5, 0.6) is 6.01 Å². The first-order chi connectivity index (χ1) is 8.60. The maximum atomic E-state index is 5.64. The molecule has 0 spiro atoms. The summed E-state index contributed by atoms with van der Waals surface area (Å²) in [5.74, 6) is 1.06. The number of ether oxygens (including phenoxy) is 1. The van der Waals surface area contributed by atoms with E-state index in [4.69, 9.17) is 10.5 Å². The summed E-state index contributed by atoms with van der Waals surface area (Å²) in [6, 6.07) is 0.286. The van der Waals surface area contributed by atoms with Crippen molar-refractivity contribution in [1.29, 1.82) is 0 Å². The van der Waals surface area contributed by atoms with Crippen molar-refractivity contribution < 1.29 is 4.74 Å². The van der Waals surface area contributed by atoms with Crippen molar-refractivity contribution >= 4 is 11.9 Å². The van der Waals surface area contributed by atoms with Crippen LogP contribution in [0, 0.1) is 0 Å². The van der Waals surface area contributed by atoms with Crippen LogP contribution in [0.1, 0.15) is 0 Å². The van der Waals surface area contributed by atoms with Crippen molar-refractivity contribution in [2.75, 3.05) is 31.8 Å². The molecule has 8 heteroatoms. The van der Waals surface area contributed by atoms with Crippen molar-refractivity contribution in [3.05, 3.63) is 12.4 Å². The van der Waals surface area contributed by atoms with E-state index in [1.807, 2.05) is 14.1 Å². The second kappa shape index (κ2) is 4.78. The summed E-state index contributed by atoms with van der Waals surface area (Å²) in [5.41, 5.74) is 6.28. The van der Waals surface area contributed by atoms with E-state index in [2.05, 4.69) is 24.9 Å². The largest absolute Gasteiger partial charge is 0.467 e. The Balaban J connectivity index is 2.42. The van der Waals surface area contributed by atoms with Crippen LogP contribution >= 0.6 is 0 Å². The zero-order valence-electron chi connectivity index (χ0n) is 10.3. The molecule has 0 saturated carbocycles. The van der Waals surface area contributed by atoms with Gasteiger partial charge in [0.25, 0.3) is 0 Å². The molecule has 0 aliphatic heterocycles. The van der Waals surface area contributed by atoms with Crippen LogP contribution in [-0.4, -0.2) is 46.1 Å². The minimum absolute atomic E-state index is 0.152. The highest BCUT2D eigenvalue weighted by atomic mass is 16.5. The van der Waals surface area contributed by atoms with Crippen molar-refractivity contribution in [2.24, 2.45) is 0 Å². The molecule has 0 saturated heterocycles. The van der Waals surface area contributed by atoms with Crippen LogP contribution in [0.15, 0.2) is 12.4 Å². The molecule has 0 radical (unpaired) electrons. The van der Waals surface area contributed by atoms with E-state index in [1.54, 1.807) is 17.3 Å². The van der Waals surface area contributed by atoms with E-state index < -0.39 is 0 Å². The molecule has 94 valence electrons. The minimum Gasteiger partial charge on any atom is -0.467 e. The van der Waals surface area contributed by atoms with Crippen molar-refractivity contribution in [3.63, 3.8) is 0 Å². The van der Waals surface area contributed by atoms with Gasteiger partial charge in [0.1, 0.15) is 0 Å². The Bertz CT molecular complexity index is 540. The molecule has 0 aromatic carbocycles. The predicted octanol–water partition coefficient (Wildman–Crippen LogP) is -0.0146. The van der Waals surface area contributed by atoms with Gasteiger partial charge in [-0.2, -0.15) is 15.0 Å². The molecule has 0 aliphatic rings. The van der Waals surface area contributed by atoms with Crippen LogP contribution in [-0.2, 0) is 0 Å². The maximum Gasteiger partial charge on any atom is 0.316 e. The average Bonchev–Trinajstić information content (AvgIpc) is 2.38. The molecule has 0 unspecified atom stereocenters. The Morgan fingerprint density at radius 1 is 1.11 bits per heavy atom. The van der Waals surface area contributed by atoms with Gasteiger partial charge >= 0.3 is 6.01 Å². The lowest BCUT2D eigenvalue weighted by Gasteiger charge is -2.11. The van der Waals surface area contributed by atoms with E-state index in [0.717, 1.165) is 0 Å². The molecule has 0 amide bonds. The number of nitrogens with two attached hydrogens (primary N) is 1. The number of rotatable bonds is 3. The van der Waals surface area contributed by atoms with Gasteiger partial charge in [0.15, 0.2) is 5.82 Å². The van der Waals surface area contributed by atoms with Crippen LogP contribution in [0.3, 0.4) is 0 Å². The second-order valence-corrected chi connectivity index (χ2v) is 3.67. The molecule has 2 rings (SSSR count). The van der Waals surface area contributed by atoms with Gasteiger partial charge in [-0.3, -0.25) is 0 Å². The van der Waals surface area contributed by atoms with E-state index in [1.165, 1.54) is 7.11 Å². The van der Waals surface area contributed by atoms with Gasteiger partial charge < -0.3 is 15.4 Å². The second-order valence-electron chi connectivity index (χ2n) is 3.67. The van der Waals surface area contributed by atoms with Gasteiger partial charge in [0, 0.05) is 26.5 Å². The van der Waals surface area contributed by atoms with E-state index in [0.29, 0.717) is 17.3 Å². The van der Waals surface area contributed by atoms with E-state index >= 15 is 0 Å². The molecule has 2 aromatic heterocycles.